The van der Waals surface area contributed by atoms with Crippen molar-refractivity contribution in [3.05, 3.63) is 65.3 Å². The Morgan fingerprint density at radius 2 is 1.91 bits per heavy atom. The highest BCUT2D eigenvalue weighted by atomic mass is 35.5. The maximum absolute atomic E-state index is 13.3. The summed E-state index contributed by atoms with van der Waals surface area (Å²) in [5.74, 6) is -1.19. The molecule has 1 atom stereocenters. The number of piperidine rings is 1. The highest BCUT2D eigenvalue weighted by molar-refractivity contribution is 7.89. The Labute approximate surface area is 193 Å². The first-order chi connectivity index (χ1) is 15.6. The lowest BCUT2D eigenvalue weighted by molar-refractivity contribution is -0.137. The predicted molar refractivity (Wildman–Crippen MR) is 118 cm³/mol. The summed E-state index contributed by atoms with van der Waals surface area (Å²) >= 11 is 5.93. The van der Waals surface area contributed by atoms with Gasteiger partial charge in [-0.2, -0.15) is 17.5 Å². The highest BCUT2D eigenvalue weighted by Crippen LogP contribution is 2.34. The molecule has 1 N–H and O–H groups in total. The Bertz CT molecular complexity index is 1310. The molecular formula is C22H19ClF3N3O3S. The topological polar surface area (TPSA) is 79.4 Å². The predicted octanol–water partition coefficient (Wildman–Crippen LogP) is 4.95. The van der Waals surface area contributed by atoms with E-state index in [1.165, 1.54) is 16.6 Å². The first-order valence-corrected chi connectivity index (χ1v) is 11.9. The summed E-state index contributed by atoms with van der Waals surface area (Å²) in [6.45, 7) is 0.187. The number of nitrogens with one attached hydrogen (secondary N) is 1. The zero-order valence-corrected chi connectivity index (χ0v) is 18.7. The number of aromatic nitrogens is 1. The van der Waals surface area contributed by atoms with E-state index in [9.17, 15) is 26.4 Å². The first-order valence-electron chi connectivity index (χ1n) is 10.1. The van der Waals surface area contributed by atoms with Gasteiger partial charge in [0.2, 0.25) is 15.9 Å². The van der Waals surface area contributed by atoms with Gasteiger partial charge in [-0.1, -0.05) is 29.8 Å². The summed E-state index contributed by atoms with van der Waals surface area (Å²) in [5, 5.41) is 2.96. The van der Waals surface area contributed by atoms with Gasteiger partial charge >= 0.3 is 6.18 Å². The van der Waals surface area contributed by atoms with E-state index in [0.29, 0.717) is 23.7 Å². The van der Waals surface area contributed by atoms with Gasteiger partial charge in [0, 0.05) is 24.7 Å². The molecule has 174 valence electrons. The summed E-state index contributed by atoms with van der Waals surface area (Å²) in [7, 11) is -3.92. The Kier molecular flexibility index (Phi) is 6.35. The van der Waals surface area contributed by atoms with Crippen molar-refractivity contribution in [3.8, 4) is 0 Å². The van der Waals surface area contributed by atoms with E-state index < -0.39 is 33.6 Å². The highest BCUT2D eigenvalue weighted by Gasteiger charge is 2.35. The number of carbonyl (C=O) groups is 1. The number of para-hydroxylation sites is 1. The molecule has 6 nitrogen and oxygen atoms in total. The number of rotatable bonds is 4. The Morgan fingerprint density at radius 1 is 1.15 bits per heavy atom. The van der Waals surface area contributed by atoms with Crippen LogP contribution < -0.4 is 5.32 Å². The first kappa shape index (κ1) is 23.5. The number of hydrogen-bond acceptors (Lipinski definition) is 4. The molecule has 1 amide bonds. The lowest BCUT2D eigenvalue weighted by Crippen LogP contribution is -2.43. The molecule has 4 rings (SSSR count). The number of carbonyl (C=O) groups excluding carboxylic acids is 1. The fourth-order valence-corrected chi connectivity index (χ4v) is 5.74. The molecule has 11 heteroatoms. The molecule has 1 unspecified atom stereocenters. The van der Waals surface area contributed by atoms with Gasteiger partial charge in [-0.25, -0.2) is 8.42 Å². The summed E-state index contributed by atoms with van der Waals surface area (Å²) in [4.78, 5) is 17.1. The SMILES string of the molecule is O=C(Nc1ccc(C(F)(F)F)cc1Cl)C1CCCN(S(=O)(=O)c2cccc3cccnc23)C1. The molecule has 1 aliphatic heterocycles. The molecule has 3 aromatic rings. The molecule has 0 bridgehead atoms. The number of sulfonamides is 1. The zero-order chi connectivity index (χ0) is 23.8. The fraction of sp³-hybridized carbons (Fsp3) is 0.273. The number of hydrogen-bond donors (Lipinski definition) is 1. The van der Waals surface area contributed by atoms with Crippen molar-refractivity contribution in [3.63, 3.8) is 0 Å². The van der Waals surface area contributed by atoms with E-state index in [0.717, 1.165) is 18.2 Å². The van der Waals surface area contributed by atoms with Crippen LogP contribution in [-0.4, -0.2) is 36.7 Å². The van der Waals surface area contributed by atoms with E-state index in [-0.39, 0.29) is 28.7 Å². The second-order valence-electron chi connectivity index (χ2n) is 7.72. The molecule has 1 aromatic heterocycles. The standard InChI is InChI=1S/C22H19ClF3N3O3S/c23-17-12-16(22(24,25)26)8-9-18(17)28-21(30)15-6-3-11-29(13-15)33(31,32)19-7-1-4-14-5-2-10-27-20(14)19/h1-2,4-5,7-10,12,15H,3,6,11,13H2,(H,28,30). The van der Waals surface area contributed by atoms with Gasteiger partial charge in [0.25, 0.3) is 0 Å². The van der Waals surface area contributed by atoms with Crippen LogP contribution in [0.3, 0.4) is 0 Å². The molecule has 2 heterocycles. The maximum atomic E-state index is 13.3. The van der Waals surface area contributed by atoms with E-state index in [2.05, 4.69) is 10.3 Å². The van der Waals surface area contributed by atoms with Crippen molar-refractivity contribution in [1.29, 1.82) is 0 Å². The molecule has 0 aliphatic carbocycles. The van der Waals surface area contributed by atoms with Crippen LogP contribution in [0.2, 0.25) is 5.02 Å². The summed E-state index contributed by atoms with van der Waals surface area (Å²) in [6.07, 6.45) is -2.15. The summed E-state index contributed by atoms with van der Waals surface area (Å²) < 4.78 is 66.4. The Morgan fingerprint density at radius 3 is 2.64 bits per heavy atom. The van der Waals surface area contributed by atoms with Crippen molar-refractivity contribution < 1.29 is 26.4 Å². The molecule has 1 fully saturated rings. The second-order valence-corrected chi connectivity index (χ2v) is 10.0. The largest absolute Gasteiger partial charge is 0.416 e. The van der Waals surface area contributed by atoms with Gasteiger partial charge in [-0.3, -0.25) is 9.78 Å². The number of pyridine rings is 1. The molecule has 2 aromatic carbocycles. The number of anilines is 1. The molecule has 1 saturated heterocycles. The summed E-state index contributed by atoms with van der Waals surface area (Å²) in [5.41, 5.74) is -0.542. The van der Waals surface area contributed by atoms with Gasteiger partial charge < -0.3 is 5.32 Å². The van der Waals surface area contributed by atoms with Gasteiger partial charge in [-0.05, 0) is 43.2 Å². The van der Waals surface area contributed by atoms with Crippen molar-refractivity contribution in [2.24, 2.45) is 5.92 Å². The van der Waals surface area contributed by atoms with Gasteiger partial charge in [0.1, 0.15) is 4.90 Å². The smallest absolute Gasteiger partial charge is 0.324 e. The Balaban J connectivity index is 1.53. The van der Waals surface area contributed by atoms with Crippen molar-refractivity contribution in [1.82, 2.24) is 9.29 Å². The Hall–Kier alpha value is -2.69. The number of fused-ring (bicyclic) bond motifs is 1. The molecule has 0 saturated carbocycles. The average Bonchev–Trinajstić information content (AvgIpc) is 2.79. The molecule has 33 heavy (non-hydrogen) atoms. The van der Waals surface area contributed by atoms with Crippen LogP contribution in [0.5, 0.6) is 0 Å². The van der Waals surface area contributed by atoms with Gasteiger partial charge in [0.05, 0.1) is 27.7 Å². The van der Waals surface area contributed by atoms with Crippen LogP contribution in [0.1, 0.15) is 18.4 Å². The van der Waals surface area contributed by atoms with Crippen LogP contribution in [0.4, 0.5) is 18.9 Å². The van der Waals surface area contributed by atoms with Crippen molar-refractivity contribution >= 4 is 44.1 Å². The number of benzene rings is 2. The molecule has 1 aliphatic rings. The number of amides is 1. The third-order valence-corrected chi connectivity index (χ3v) is 7.73. The van der Waals surface area contributed by atoms with Gasteiger partial charge in [0.15, 0.2) is 0 Å². The molecular weight excluding hydrogens is 479 g/mol. The minimum atomic E-state index is -4.55. The normalized spacial score (nSPS) is 17.8. The fourth-order valence-electron chi connectivity index (χ4n) is 3.83. The van der Waals surface area contributed by atoms with Crippen LogP contribution in [-0.2, 0) is 21.0 Å². The van der Waals surface area contributed by atoms with E-state index in [4.69, 9.17) is 11.6 Å². The van der Waals surface area contributed by atoms with E-state index in [1.54, 1.807) is 24.3 Å². The zero-order valence-electron chi connectivity index (χ0n) is 17.1. The van der Waals surface area contributed by atoms with Gasteiger partial charge in [-0.15, -0.1) is 0 Å². The van der Waals surface area contributed by atoms with Crippen LogP contribution in [0, 0.1) is 5.92 Å². The average molecular weight is 498 g/mol. The van der Waals surface area contributed by atoms with Crippen molar-refractivity contribution in [2.75, 3.05) is 18.4 Å². The van der Waals surface area contributed by atoms with Crippen LogP contribution in [0.25, 0.3) is 10.9 Å². The number of nitrogens with zero attached hydrogens (tertiary/aromatic N) is 2. The summed E-state index contributed by atoms with van der Waals surface area (Å²) in [6, 6.07) is 11.0. The number of halogens is 4. The number of alkyl halides is 3. The second kappa shape index (κ2) is 8.92. The quantitative estimate of drug-likeness (QED) is 0.553. The third kappa shape index (κ3) is 4.83. The maximum Gasteiger partial charge on any atom is 0.416 e. The van der Waals surface area contributed by atoms with Crippen molar-refractivity contribution in [2.45, 2.75) is 23.9 Å². The van der Waals surface area contributed by atoms with Crippen LogP contribution >= 0.6 is 11.6 Å². The molecule has 0 radical (unpaired) electrons. The van der Waals surface area contributed by atoms with E-state index >= 15 is 0 Å². The minimum Gasteiger partial charge on any atom is -0.324 e. The monoisotopic (exact) mass is 497 g/mol. The van der Waals surface area contributed by atoms with E-state index in [1.807, 2.05) is 0 Å². The molecule has 0 spiro atoms. The lowest BCUT2D eigenvalue weighted by atomic mass is 9.98. The lowest BCUT2D eigenvalue weighted by Gasteiger charge is -2.31. The minimum absolute atomic E-state index is 0.0351. The third-order valence-electron chi connectivity index (χ3n) is 5.52. The van der Waals surface area contributed by atoms with Crippen LogP contribution in [0.15, 0.2) is 59.6 Å².